The lowest BCUT2D eigenvalue weighted by Gasteiger charge is -2.14. The zero-order valence-electron chi connectivity index (χ0n) is 7.21. The van der Waals surface area contributed by atoms with Gasteiger partial charge in [-0.1, -0.05) is 0 Å². The van der Waals surface area contributed by atoms with E-state index in [9.17, 15) is 0 Å². The first kappa shape index (κ1) is 8.99. The molecule has 1 rings (SSSR count). The van der Waals surface area contributed by atoms with Crippen molar-refractivity contribution in [2.75, 3.05) is 13.2 Å². The normalized spacial score (nSPS) is 15.8. The van der Waals surface area contributed by atoms with Gasteiger partial charge in [-0.05, 0) is 25.3 Å². The number of hydrogen-bond donors (Lipinski definition) is 0. The Labute approximate surface area is 73.6 Å². The Morgan fingerprint density at radius 3 is 3.25 bits per heavy atom. The van der Waals surface area contributed by atoms with Gasteiger partial charge < -0.3 is 9.47 Å². The van der Waals surface area contributed by atoms with Crippen molar-refractivity contribution in [2.24, 2.45) is 0 Å². The summed E-state index contributed by atoms with van der Waals surface area (Å²) in [5.74, 6) is 3.24. The lowest BCUT2D eigenvalue weighted by Crippen LogP contribution is -2.05. The molecule has 66 valence electrons. The van der Waals surface area contributed by atoms with Crippen LogP contribution in [0.1, 0.15) is 25.7 Å². The predicted octanol–water partition coefficient (Wildman–Crippen LogP) is 2.07. The van der Waals surface area contributed by atoms with Gasteiger partial charge in [0.2, 0.25) is 0 Å². The molecule has 1 heterocycles. The quantitative estimate of drug-likeness (QED) is 0.470. The zero-order chi connectivity index (χ0) is 8.65. The van der Waals surface area contributed by atoms with E-state index in [1.165, 1.54) is 0 Å². The lowest BCUT2D eigenvalue weighted by molar-refractivity contribution is 0.0244. The first-order chi connectivity index (χ1) is 5.93. The highest BCUT2D eigenvalue weighted by atomic mass is 16.7. The van der Waals surface area contributed by atoms with Gasteiger partial charge in [0.15, 0.2) is 0 Å². The Morgan fingerprint density at radius 1 is 1.67 bits per heavy atom. The third kappa shape index (κ3) is 3.34. The minimum atomic E-state index is 0.663. The van der Waals surface area contributed by atoms with Crippen molar-refractivity contribution in [2.45, 2.75) is 25.7 Å². The van der Waals surface area contributed by atoms with E-state index >= 15 is 0 Å². The van der Waals surface area contributed by atoms with E-state index in [0.717, 1.165) is 32.3 Å². The second-order valence-corrected chi connectivity index (χ2v) is 2.67. The maximum Gasteiger partial charge on any atom is 0.274 e. The van der Waals surface area contributed by atoms with Crippen molar-refractivity contribution in [3.63, 3.8) is 0 Å². The molecule has 0 amide bonds. The summed E-state index contributed by atoms with van der Waals surface area (Å²) in [6.45, 7) is 1.44. The number of allylic oxidation sites excluding steroid dienone is 1. The minimum Gasteiger partial charge on any atom is -0.466 e. The monoisotopic (exact) mass is 166 g/mol. The van der Waals surface area contributed by atoms with Crippen LogP contribution in [0.5, 0.6) is 0 Å². The topological polar surface area (TPSA) is 18.5 Å². The molecule has 0 saturated carbocycles. The van der Waals surface area contributed by atoms with Crippen LogP contribution >= 0.6 is 0 Å². The molecule has 2 heteroatoms. The van der Waals surface area contributed by atoms with Gasteiger partial charge in [-0.15, -0.1) is 12.3 Å². The van der Waals surface area contributed by atoms with Gasteiger partial charge >= 0.3 is 0 Å². The average molecular weight is 166 g/mol. The summed E-state index contributed by atoms with van der Waals surface area (Å²) in [5, 5.41) is 0. The van der Waals surface area contributed by atoms with Crippen molar-refractivity contribution in [1.29, 1.82) is 0 Å². The van der Waals surface area contributed by atoms with E-state index in [2.05, 4.69) is 5.92 Å². The number of rotatable bonds is 4. The van der Waals surface area contributed by atoms with E-state index in [4.69, 9.17) is 15.9 Å². The standard InChI is InChI=1S/C10H14O2/c1-2-3-5-8-11-10-7-4-6-9-12-10/h1,7H,3-6,8-9H2. The van der Waals surface area contributed by atoms with Crippen LogP contribution in [0.4, 0.5) is 0 Å². The van der Waals surface area contributed by atoms with E-state index in [0.29, 0.717) is 12.6 Å². The summed E-state index contributed by atoms with van der Waals surface area (Å²) >= 11 is 0. The molecular formula is C10H14O2. The molecule has 0 spiro atoms. The number of terminal acetylenes is 1. The van der Waals surface area contributed by atoms with E-state index < -0.39 is 0 Å². The summed E-state index contributed by atoms with van der Waals surface area (Å²) in [6, 6.07) is 0. The molecule has 0 saturated heterocycles. The summed E-state index contributed by atoms with van der Waals surface area (Å²) in [5.41, 5.74) is 0. The first-order valence-electron chi connectivity index (χ1n) is 4.32. The summed E-state index contributed by atoms with van der Waals surface area (Å²) in [4.78, 5) is 0. The highest BCUT2D eigenvalue weighted by molar-refractivity contribution is 4.87. The molecule has 0 atom stereocenters. The molecule has 0 unspecified atom stereocenters. The Balaban J connectivity index is 2.06. The van der Waals surface area contributed by atoms with Crippen LogP contribution in [0.25, 0.3) is 0 Å². The fourth-order valence-electron chi connectivity index (χ4n) is 0.983. The third-order valence-corrected chi connectivity index (χ3v) is 1.61. The molecule has 0 N–H and O–H groups in total. The molecule has 0 aromatic carbocycles. The van der Waals surface area contributed by atoms with Crippen LogP contribution in [-0.2, 0) is 9.47 Å². The minimum absolute atomic E-state index is 0.663. The molecule has 0 radical (unpaired) electrons. The van der Waals surface area contributed by atoms with Crippen molar-refractivity contribution < 1.29 is 9.47 Å². The fourth-order valence-corrected chi connectivity index (χ4v) is 0.983. The lowest BCUT2D eigenvalue weighted by atomic mass is 10.3. The summed E-state index contributed by atoms with van der Waals surface area (Å²) in [7, 11) is 0. The Kier molecular flexibility index (Phi) is 4.15. The van der Waals surface area contributed by atoms with Crippen LogP contribution in [0.3, 0.4) is 0 Å². The summed E-state index contributed by atoms with van der Waals surface area (Å²) in [6.07, 6.45) is 10.9. The largest absolute Gasteiger partial charge is 0.466 e. The van der Waals surface area contributed by atoms with Gasteiger partial charge in [-0.25, -0.2) is 0 Å². The second kappa shape index (κ2) is 5.54. The van der Waals surface area contributed by atoms with Crippen LogP contribution in [0.15, 0.2) is 12.0 Å². The smallest absolute Gasteiger partial charge is 0.274 e. The SMILES string of the molecule is C#CCCCOC1=CCCCO1. The van der Waals surface area contributed by atoms with Gasteiger partial charge in [0, 0.05) is 6.42 Å². The summed E-state index contributed by atoms with van der Waals surface area (Å²) < 4.78 is 10.6. The Hall–Kier alpha value is -1.10. The van der Waals surface area contributed by atoms with Crippen LogP contribution < -0.4 is 0 Å². The molecule has 0 bridgehead atoms. The van der Waals surface area contributed by atoms with Gasteiger partial charge in [-0.2, -0.15) is 0 Å². The Bertz CT molecular complexity index is 189. The van der Waals surface area contributed by atoms with Crippen LogP contribution in [-0.4, -0.2) is 13.2 Å². The number of unbranched alkanes of at least 4 members (excludes halogenated alkanes) is 1. The second-order valence-electron chi connectivity index (χ2n) is 2.67. The molecule has 1 aliphatic rings. The van der Waals surface area contributed by atoms with Gasteiger partial charge in [-0.3, -0.25) is 0 Å². The van der Waals surface area contributed by atoms with Crippen LogP contribution in [0.2, 0.25) is 0 Å². The van der Waals surface area contributed by atoms with E-state index in [1.807, 2.05) is 6.08 Å². The highest BCUT2D eigenvalue weighted by Crippen LogP contribution is 2.11. The molecule has 0 aromatic heterocycles. The third-order valence-electron chi connectivity index (χ3n) is 1.61. The molecule has 0 fully saturated rings. The number of hydrogen-bond acceptors (Lipinski definition) is 2. The van der Waals surface area contributed by atoms with Crippen molar-refractivity contribution in [3.8, 4) is 12.3 Å². The molecule has 0 aromatic rings. The molecule has 2 nitrogen and oxygen atoms in total. The maximum atomic E-state index is 5.33. The maximum absolute atomic E-state index is 5.33. The van der Waals surface area contributed by atoms with E-state index in [1.54, 1.807) is 0 Å². The highest BCUT2D eigenvalue weighted by Gasteiger charge is 2.03. The first-order valence-corrected chi connectivity index (χ1v) is 4.32. The molecule has 1 aliphatic heterocycles. The van der Waals surface area contributed by atoms with Crippen LogP contribution in [0, 0.1) is 12.3 Å². The van der Waals surface area contributed by atoms with Crippen molar-refractivity contribution in [3.05, 3.63) is 12.0 Å². The fraction of sp³-hybridized carbons (Fsp3) is 0.600. The van der Waals surface area contributed by atoms with Crippen molar-refractivity contribution in [1.82, 2.24) is 0 Å². The predicted molar refractivity (Wildman–Crippen MR) is 47.3 cm³/mol. The average Bonchev–Trinajstić information content (AvgIpc) is 2.14. The van der Waals surface area contributed by atoms with Crippen molar-refractivity contribution >= 4 is 0 Å². The molecule has 12 heavy (non-hydrogen) atoms. The van der Waals surface area contributed by atoms with E-state index in [-0.39, 0.29) is 0 Å². The molecular weight excluding hydrogens is 152 g/mol. The number of ether oxygens (including phenoxy) is 2. The molecule has 0 aliphatic carbocycles. The Morgan fingerprint density at radius 2 is 2.58 bits per heavy atom. The zero-order valence-corrected chi connectivity index (χ0v) is 7.21. The van der Waals surface area contributed by atoms with Gasteiger partial charge in [0.05, 0.1) is 13.2 Å². The van der Waals surface area contributed by atoms with Gasteiger partial charge in [0.25, 0.3) is 5.95 Å². The van der Waals surface area contributed by atoms with Gasteiger partial charge in [0.1, 0.15) is 0 Å².